The minimum atomic E-state index is -2.23. The first-order chi connectivity index (χ1) is 19.1. The summed E-state index contributed by atoms with van der Waals surface area (Å²) in [7, 11) is 0. The molecule has 0 amide bonds. The highest BCUT2D eigenvalue weighted by Gasteiger charge is 2.42. The molecular formula is C37H34NPS. The van der Waals surface area contributed by atoms with Crippen molar-refractivity contribution >= 4 is 55.6 Å². The maximum absolute atomic E-state index is 6.80. The molecule has 1 nitrogen and oxygen atoms in total. The Hall–Kier alpha value is -3.45. The average molecular weight is 556 g/mol. The van der Waals surface area contributed by atoms with Gasteiger partial charge in [0.05, 0.1) is 11.0 Å². The molecule has 0 N–H and O–H groups in total. The molecule has 198 valence electrons. The number of hydrogen-bond acceptors (Lipinski definition) is 1. The lowest BCUT2D eigenvalue weighted by atomic mass is 9.77. The first-order valence-corrected chi connectivity index (χ1v) is 16.9. The van der Waals surface area contributed by atoms with Crippen molar-refractivity contribution in [1.29, 1.82) is 0 Å². The topological polar surface area (TPSA) is 4.93 Å². The Morgan fingerprint density at radius 3 is 1.77 bits per heavy atom. The van der Waals surface area contributed by atoms with Crippen molar-refractivity contribution in [1.82, 2.24) is 4.57 Å². The number of fused-ring (bicyclic) bond motifs is 5. The lowest BCUT2D eigenvalue weighted by Gasteiger charge is -2.42. The second-order valence-corrected chi connectivity index (χ2v) is 16.4. The molecule has 1 unspecified atom stereocenters. The van der Waals surface area contributed by atoms with E-state index in [1.165, 1.54) is 76.8 Å². The molecule has 1 atom stereocenters. The number of hydrogen-bond donors (Lipinski definition) is 0. The molecule has 0 fully saturated rings. The van der Waals surface area contributed by atoms with Crippen LogP contribution in [0, 0.1) is 27.7 Å². The normalized spacial score (nSPS) is 17.6. The zero-order valence-electron chi connectivity index (χ0n) is 24.0. The first-order valence-electron chi connectivity index (χ1n) is 14.1. The molecule has 5 aromatic carbocycles. The third kappa shape index (κ3) is 3.43. The van der Waals surface area contributed by atoms with Crippen molar-refractivity contribution in [2.24, 2.45) is 0 Å². The number of benzene rings is 5. The summed E-state index contributed by atoms with van der Waals surface area (Å²) in [6, 6.07) is 34.0. The van der Waals surface area contributed by atoms with Crippen LogP contribution >= 0.6 is 6.04 Å². The van der Waals surface area contributed by atoms with E-state index in [0.717, 1.165) is 0 Å². The lowest BCUT2D eigenvalue weighted by Crippen LogP contribution is -2.42. The first kappa shape index (κ1) is 25.5. The molecule has 0 saturated heterocycles. The lowest BCUT2D eigenvalue weighted by molar-refractivity contribution is 0.647. The summed E-state index contributed by atoms with van der Waals surface area (Å²) in [4.78, 5) is 0. The minimum absolute atomic E-state index is 0.172. The molecule has 0 spiro atoms. The summed E-state index contributed by atoms with van der Waals surface area (Å²) in [5.74, 6) is 0. The molecular weight excluding hydrogens is 521 g/mol. The maximum Gasteiger partial charge on any atom is 0.0570 e. The third-order valence-electron chi connectivity index (χ3n) is 8.91. The van der Waals surface area contributed by atoms with Crippen LogP contribution in [0.4, 0.5) is 0 Å². The van der Waals surface area contributed by atoms with Crippen molar-refractivity contribution in [3.63, 3.8) is 0 Å². The third-order valence-corrected chi connectivity index (χ3v) is 13.9. The Balaban J connectivity index is 1.60. The van der Waals surface area contributed by atoms with Gasteiger partial charge in [-0.05, 0) is 90.1 Å². The van der Waals surface area contributed by atoms with Crippen LogP contribution in [0.15, 0.2) is 97.1 Å². The van der Waals surface area contributed by atoms with Gasteiger partial charge in [-0.3, -0.25) is 0 Å². The molecule has 0 radical (unpaired) electrons. The highest BCUT2D eigenvalue weighted by atomic mass is 32.4. The van der Waals surface area contributed by atoms with E-state index < -0.39 is 6.04 Å². The Kier molecular flexibility index (Phi) is 5.60. The van der Waals surface area contributed by atoms with Crippen LogP contribution in [0.2, 0.25) is 0 Å². The molecule has 1 aliphatic heterocycles. The zero-order chi connectivity index (χ0) is 28.0. The Bertz CT molecular complexity index is 1980. The van der Waals surface area contributed by atoms with Gasteiger partial charge in [0.2, 0.25) is 0 Å². The molecule has 2 heterocycles. The number of nitrogens with zero attached hydrogens (tertiary/aromatic N) is 1. The van der Waals surface area contributed by atoms with Gasteiger partial charge in [0.1, 0.15) is 0 Å². The summed E-state index contributed by atoms with van der Waals surface area (Å²) in [5, 5.41) is 6.57. The van der Waals surface area contributed by atoms with Crippen molar-refractivity contribution in [3.05, 3.63) is 130 Å². The van der Waals surface area contributed by atoms with E-state index in [4.69, 9.17) is 11.8 Å². The van der Waals surface area contributed by atoms with Crippen LogP contribution in [0.25, 0.3) is 27.5 Å². The molecule has 0 aliphatic carbocycles. The predicted octanol–water partition coefficient (Wildman–Crippen LogP) is 8.41. The molecule has 40 heavy (non-hydrogen) atoms. The molecule has 1 aromatic heterocycles. The van der Waals surface area contributed by atoms with Crippen LogP contribution in [-0.2, 0) is 17.2 Å². The van der Waals surface area contributed by atoms with Crippen LogP contribution < -0.4 is 15.9 Å². The maximum atomic E-state index is 6.80. The number of rotatable bonds is 2. The van der Waals surface area contributed by atoms with E-state index >= 15 is 0 Å². The number of aromatic nitrogens is 1. The van der Waals surface area contributed by atoms with Gasteiger partial charge < -0.3 is 4.57 Å². The van der Waals surface area contributed by atoms with Gasteiger partial charge in [-0.15, -0.1) is 0 Å². The molecule has 0 bridgehead atoms. The van der Waals surface area contributed by atoms with Crippen LogP contribution in [-0.4, -0.2) is 4.57 Å². The average Bonchev–Trinajstić information content (AvgIpc) is 3.27. The smallest absolute Gasteiger partial charge is 0.0570 e. The van der Waals surface area contributed by atoms with E-state index in [1.54, 1.807) is 0 Å². The van der Waals surface area contributed by atoms with Crippen molar-refractivity contribution in [2.75, 3.05) is 0 Å². The minimum Gasteiger partial charge on any atom is -0.309 e. The summed E-state index contributed by atoms with van der Waals surface area (Å²) >= 11 is 6.80. The second-order valence-electron chi connectivity index (χ2n) is 12.1. The number of aryl methyl sites for hydroxylation is 4. The van der Waals surface area contributed by atoms with Gasteiger partial charge >= 0.3 is 0 Å². The van der Waals surface area contributed by atoms with E-state index in [2.05, 4.69) is 143 Å². The SMILES string of the molecule is Cc1cc(C)c2c(c1)c1cc(C)cc(C)c1n2-c1ccc2c(c1)C(C)(C)c1ccccc1P2(=S)c1ccccc1. The second kappa shape index (κ2) is 8.77. The van der Waals surface area contributed by atoms with Crippen molar-refractivity contribution < 1.29 is 0 Å². The Morgan fingerprint density at radius 2 is 1.15 bits per heavy atom. The fraction of sp³-hybridized carbons (Fsp3) is 0.189. The summed E-state index contributed by atoms with van der Waals surface area (Å²) in [6.45, 7) is 13.6. The standard InChI is InChI=1S/C37H34NPS/c1-23-18-25(3)35-29(20-23)30-21-24(2)19-26(4)36(30)38(35)27-16-17-34-32(22-27)37(5,6)31-14-10-11-15-33(31)39(34,40)28-12-8-7-9-13-28/h7-22H,1-6H3. The molecule has 6 aromatic rings. The van der Waals surface area contributed by atoms with E-state index in [1.807, 2.05) is 0 Å². The van der Waals surface area contributed by atoms with Gasteiger partial charge in [0.15, 0.2) is 0 Å². The van der Waals surface area contributed by atoms with E-state index in [0.29, 0.717) is 0 Å². The van der Waals surface area contributed by atoms with Gasteiger partial charge in [-0.25, -0.2) is 0 Å². The van der Waals surface area contributed by atoms with Gasteiger partial charge in [0.25, 0.3) is 0 Å². The van der Waals surface area contributed by atoms with Crippen LogP contribution in [0.3, 0.4) is 0 Å². The predicted molar refractivity (Wildman–Crippen MR) is 178 cm³/mol. The van der Waals surface area contributed by atoms with Crippen molar-refractivity contribution in [3.8, 4) is 5.69 Å². The van der Waals surface area contributed by atoms with Gasteiger partial charge in [-0.1, -0.05) is 110 Å². The Morgan fingerprint density at radius 1 is 0.600 bits per heavy atom. The highest BCUT2D eigenvalue weighted by Crippen LogP contribution is 2.53. The quantitative estimate of drug-likeness (QED) is 0.194. The monoisotopic (exact) mass is 555 g/mol. The Labute approximate surface area is 242 Å². The summed E-state index contributed by atoms with van der Waals surface area (Å²) in [5.41, 5.74) is 11.5. The zero-order valence-corrected chi connectivity index (χ0v) is 25.8. The highest BCUT2D eigenvalue weighted by molar-refractivity contribution is 8.25. The van der Waals surface area contributed by atoms with Crippen molar-refractivity contribution in [2.45, 2.75) is 47.0 Å². The summed E-state index contributed by atoms with van der Waals surface area (Å²) < 4.78 is 2.51. The van der Waals surface area contributed by atoms with Crippen LogP contribution in [0.1, 0.15) is 47.2 Å². The summed E-state index contributed by atoms with van der Waals surface area (Å²) in [6.07, 6.45) is 0. The fourth-order valence-electron chi connectivity index (χ4n) is 7.20. The van der Waals surface area contributed by atoms with Crippen LogP contribution in [0.5, 0.6) is 0 Å². The molecule has 3 heteroatoms. The van der Waals surface area contributed by atoms with Gasteiger partial charge in [0, 0.05) is 27.9 Å². The molecule has 1 aliphatic rings. The molecule has 7 rings (SSSR count). The van der Waals surface area contributed by atoms with E-state index in [9.17, 15) is 0 Å². The fourth-order valence-corrected chi connectivity index (χ4v) is 11.9. The van der Waals surface area contributed by atoms with Gasteiger partial charge in [-0.2, -0.15) is 0 Å². The largest absolute Gasteiger partial charge is 0.309 e. The molecule has 0 saturated carbocycles. The van der Waals surface area contributed by atoms with E-state index in [-0.39, 0.29) is 5.41 Å².